The first-order valence-corrected chi connectivity index (χ1v) is 9.62. The average molecular weight is 422 g/mol. The molecule has 2 atom stereocenters. The van der Waals surface area contributed by atoms with Crippen LogP contribution < -0.4 is 15.4 Å². The summed E-state index contributed by atoms with van der Waals surface area (Å²) in [5, 5.41) is -0.00387. The van der Waals surface area contributed by atoms with Crippen LogP contribution >= 0.6 is 12.2 Å². The van der Waals surface area contributed by atoms with Gasteiger partial charge in [0, 0.05) is 12.1 Å². The maximum atomic E-state index is 13.4. The molecule has 154 valence electrons. The number of rotatable bonds is 5. The van der Waals surface area contributed by atoms with E-state index in [0.29, 0.717) is 37.0 Å². The molecule has 0 bridgehead atoms. The number of hydrogen-bond donors (Lipinski definition) is 1. The molecule has 0 radical (unpaired) electrons. The second-order valence-corrected chi connectivity index (χ2v) is 7.50. The molecule has 0 aliphatic carbocycles. The van der Waals surface area contributed by atoms with E-state index < -0.39 is 12.5 Å². The molecule has 3 heterocycles. The first-order chi connectivity index (χ1) is 13.8. The zero-order valence-corrected chi connectivity index (χ0v) is 16.5. The van der Waals surface area contributed by atoms with Crippen LogP contribution in [0, 0.1) is 5.92 Å². The maximum Gasteiger partial charge on any atom is 0.265 e. The van der Waals surface area contributed by atoms with Crippen molar-refractivity contribution < 1.29 is 23.0 Å². The van der Waals surface area contributed by atoms with Gasteiger partial charge in [0.15, 0.2) is 5.82 Å². The molecule has 0 spiro atoms. The highest BCUT2D eigenvalue weighted by Crippen LogP contribution is 2.36. The highest BCUT2D eigenvalue weighted by atomic mass is 32.1. The summed E-state index contributed by atoms with van der Waals surface area (Å²) in [5.41, 5.74) is 7.01. The molecule has 0 unspecified atom stereocenters. The lowest BCUT2D eigenvalue weighted by Crippen LogP contribution is -2.38. The molecule has 2 aromatic rings. The van der Waals surface area contributed by atoms with Crippen molar-refractivity contribution in [2.75, 3.05) is 18.1 Å². The van der Waals surface area contributed by atoms with E-state index in [1.165, 1.54) is 4.90 Å². The number of ether oxygens (including phenoxy) is 2. The van der Waals surface area contributed by atoms with Crippen molar-refractivity contribution >= 4 is 29.1 Å². The van der Waals surface area contributed by atoms with E-state index in [1.807, 2.05) is 22.8 Å². The molecule has 1 saturated heterocycles. The zero-order valence-electron chi connectivity index (χ0n) is 15.7. The van der Waals surface area contributed by atoms with Crippen molar-refractivity contribution in [3.63, 3.8) is 0 Å². The van der Waals surface area contributed by atoms with Gasteiger partial charge < -0.3 is 19.8 Å². The number of fused-ring (bicyclic) bond motifs is 3. The first kappa shape index (κ1) is 19.6. The molecule has 0 saturated carbocycles. The molecule has 2 aliphatic heterocycles. The Morgan fingerprint density at radius 2 is 2.21 bits per heavy atom. The van der Waals surface area contributed by atoms with E-state index in [2.05, 4.69) is 4.98 Å². The number of hydrogen-bond acceptors (Lipinski definition) is 5. The van der Waals surface area contributed by atoms with Crippen LogP contribution in [0.4, 0.5) is 14.6 Å². The number of alkyl halides is 2. The summed E-state index contributed by atoms with van der Waals surface area (Å²) in [7, 11) is 0. The lowest BCUT2D eigenvalue weighted by atomic mass is 9.99. The molecule has 1 fully saturated rings. The lowest BCUT2D eigenvalue weighted by molar-refractivity contribution is -0.121. The zero-order chi connectivity index (χ0) is 20.7. The smallest absolute Gasteiger partial charge is 0.265 e. The molecule has 1 aromatic heterocycles. The molecular weight excluding hydrogens is 402 g/mol. The van der Waals surface area contributed by atoms with Crippen molar-refractivity contribution in [3.05, 3.63) is 30.0 Å². The van der Waals surface area contributed by atoms with Gasteiger partial charge in [-0.15, -0.1) is 0 Å². The van der Waals surface area contributed by atoms with Gasteiger partial charge in [0.25, 0.3) is 11.6 Å². The minimum absolute atomic E-state index is 0.00387. The van der Waals surface area contributed by atoms with Crippen molar-refractivity contribution in [1.82, 2.24) is 9.55 Å². The van der Waals surface area contributed by atoms with Gasteiger partial charge in [-0.2, -0.15) is 0 Å². The van der Waals surface area contributed by atoms with Gasteiger partial charge in [0.1, 0.15) is 30.8 Å². The number of carbonyl (C=O) groups is 1. The van der Waals surface area contributed by atoms with E-state index in [1.54, 1.807) is 13.1 Å². The van der Waals surface area contributed by atoms with Crippen molar-refractivity contribution in [2.24, 2.45) is 11.7 Å². The molecule has 1 aromatic carbocycles. The van der Waals surface area contributed by atoms with Crippen LogP contribution in [0.3, 0.4) is 0 Å². The number of benzene rings is 1. The first-order valence-electron chi connectivity index (χ1n) is 9.22. The second-order valence-electron chi connectivity index (χ2n) is 7.15. The predicted molar refractivity (Wildman–Crippen MR) is 106 cm³/mol. The Labute approximate surface area is 171 Å². The molecule has 7 nitrogen and oxygen atoms in total. The van der Waals surface area contributed by atoms with Crippen LogP contribution in [0.5, 0.6) is 5.75 Å². The Balaban J connectivity index is 1.68. The predicted octanol–water partition coefficient (Wildman–Crippen LogP) is 2.36. The van der Waals surface area contributed by atoms with Crippen LogP contribution in [0.2, 0.25) is 0 Å². The number of imidazole rings is 1. The minimum atomic E-state index is -2.61. The van der Waals surface area contributed by atoms with Crippen LogP contribution in [-0.2, 0) is 22.5 Å². The number of carbonyl (C=O) groups excluding carboxylic acids is 1. The van der Waals surface area contributed by atoms with Gasteiger partial charge in [-0.25, -0.2) is 13.8 Å². The third kappa shape index (κ3) is 3.64. The average Bonchev–Trinajstić information content (AvgIpc) is 3.21. The van der Waals surface area contributed by atoms with Crippen molar-refractivity contribution in [3.8, 4) is 17.1 Å². The van der Waals surface area contributed by atoms with E-state index in [4.69, 9.17) is 27.4 Å². The summed E-state index contributed by atoms with van der Waals surface area (Å²) >= 11 is 5.10. The highest BCUT2D eigenvalue weighted by molar-refractivity contribution is 7.80. The largest absolute Gasteiger partial charge is 0.491 e. The van der Waals surface area contributed by atoms with Crippen molar-refractivity contribution in [2.45, 2.75) is 32.4 Å². The molecule has 4 rings (SSSR count). The number of nitrogens with two attached hydrogens (primary N) is 1. The number of anilines is 1. The normalized spacial score (nSPS) is 19.2. The van der Waals surface area contributed by atoms with Gasteiger partial charge in [-0.1, -0.05) is 13.0 Å². The standard InChI is InChI=1S/C19H20F2N4O3S/c1-10(17(22)26)6-11-2-3-12-14(7-11)27-5-4-24-8-15(23-18(12)24)25-13(16(20)21)9-28-19(25)29/h2-3,7-8,10,13,16H,4-6,9H2,1H3,(H2,22,26)/t10-,13+/m1/s1. The summed E-state index contributed by atoms with van der Waals surface area (Å²) in [5.74, 6) is 0.894. The maximum absolute atomic E-state index is 13.4. The quantitative estimate of drug-likeness (QED) is 0.745. The van der Waals surface area contributed by atoms with Crippen LogP contribution in [0.15, 0.2) is 24.4 Å². The molecule has 1 amide bonds. The van der Waals surface area contributed by atoms with E-state index in [-0.39, 0.29) is 23.6 Å². The van der Waals surface area contributed by atoms with E-state index >= 15 is 0 Å². The Hall–Kier alpha value is -2.75. The van der Waals surface area contributed by atoms with Crippen LogP contribution in [0.25, 0.3) is 11.4 Å². The van der Waals surface area contributed by atoms with Gasteiger partial charge in [0.2, 0.25) is 5.91 Å². The SMILES string of the molecule is C[C@H](Cc1ccc2c(c1)OCCn1cc(N3C(=S)OC[C@H]3C(F)F)nc1-2)C(N)=O. The van der Waals surface area contributed by atoms with E-state index in [0.717, 1.165) is 11.1 Å². The number of nitrogens with zero attached hydrogens (tertiary/aromatic N) is 3. The fourth-order valence-corrected chi connectivity index (χ4v) is 3.79. The molecular formula is C19H20F2N4O3S. The lowest BCUT2D eigenvalue weighted by Gasteiger charge is -2.19. The third-order valence-electron chi connectivity index (χ3n) is 5.11. The monoisotopic (exact) mass is 422 g/mol. The topological polar surface area (TPSA) is 82.6 Å². The Morgan fingerprint density at radius 1 is 1.41 bits per heavy atom. The summed E-state index contributed by atoms with van der Waals surface area (Å²) in [6, 6.07) is 4.45. The molecule has 10 heteroatoms. The summed E-state index contributed by atoms with van der Waals surface area (Å²) in [4.78, 5) is 17.2. The molecule has 2 aliphatic rings. The van der Waals surface area contributed by atoms with Gasteiger partial charge in [-0.3, -0.25) is 9.69 Å². The molecule has 2 N–H and O–H groups in total. The summed E-state index contributed by atoms with van der Waals surface area (Å²) in [6.45, 7) is 2.50. The van der Waals surface area contributed by atoms with E-state index in [9.17, 15) is 13.6 Å². The van der Waals surface area contributed by atoms with Gasteiger partial charge in [0.05, 0.1) is 12.1 Å². The Kier molecular flexibility index (Phi) is 5.12. The Bertz CT molecular complexity index is 965. The van der Waals surface area contributed by atoms with Crippen molar-refractivity contribution in [1.29, 1.82) is 0 Å². The van der Waals surface area contributed by atoms with Crippen LogP contribution in [-0.4, -0.2) is 46.3 Å². The fraction of sp³-hybridized carbons (Fsp3) is 0.421. The third-order valence-corrected chi connectivity index (χ3v) is 5.43. The van der Waals surface area contributed by atoms with Crippen LogP contribution in [0.1, 0.15) is 12.5 Å². The minimum Gasteiger partial charge on any atom is -0.491 e. The number of amides is 1. The fourth-order valence-electron chi connectivity index (χ4n) is 3.49. The number of thiocarbonyl (C=S) groups is 1. The van der Waals surface area contributed by atoms with Gasteiger partial charge in [-0.05, 0) is 36.3 Å². The number of aromatic nitrogens is 2. The summed E-state index contributed by atoms with van der Waals surface area (Å²) < 4.78 is 39.6. The second kappa shape index (κ2) is 7.58. The number of halogens is 2. The molecule has 29 heavy (non-hydrogen) atoms. The Morgan fingerprint density at radius 3 is 2.93 bits per heavy atom. The van der Waals surface area contributed by atoms with Gasteiger partial charge >= 0.3 is 0 Å². The number of primary amides is 1. The highest BCUT2D eigenvalue weighted by Gasteiger charge is 2.39. The summed E-state index contributed by atoms with van der Waals surface area (Å²) in [6.07, 6.45) is -0.420.